The third kappa shape index (κ3) is 6.39. The van der Waals surface area contributed by atoms with E-state index in [2.05, 4.69) is 24.1 Å². The maximum Gasteiger partial charge on any atom is 0.0564 e. The van der Waals surface area contributed by atoms with E-state index in [1.165, 1.54) is 32.2 Å². The molecular weight excluding hydrogens is 212 g/mol. The van der Waals surface area contributed by atoms with E-state index in [9.17, 15) is 0 Å². The number of aliphatic hydroxyl groups excluding tert-OH is 1. The van der Waals surface area contributed by atoms with Crippen LogP contribution in [0.4, 0.5) is 0 Å². The van der Waals surface area contributed by atoms with Gasteiger partial charge in [-0.15, -0.1) is 0 Å². The molecule has 0 aromatic heterocycles. The van der Waals surface area contributed by atoms with Crippen molar-refractivity contribution in [1.29, 1.82) is 0 Å². The van der Waals surface area contributed by atoms with Crippen LogP contribution < -0.4 is 5.32 Å². The molecule has 1 aliphatic heterocycles. The number of likely N-dealkylation sites (tertiary alicyclic amines) is 1. The van der Waals surface area contributed by atoms with Gasteiger partial charge in [0.25, 0.3) is 0 Å². The van der Waals surface area contributed by atoms with Crippen molar-refractivity contribution in [2.24, 2.45) is 0 Å². The lowest BCUT2D eigenvalue weighted by Gasteiger charge is -2.28. The second-order valence-corrected chi connectivity index (χ2v) is 5.26. The Bertz CT molecular complexity index is 181. The van der Waals surface area contributed by atoms with E-state index in [0.717, 1.165) is 38.5 Å². The number of rotatable bonds is 4. The Morgan fingerprint density at radius 1 is 1.18 bits per heavy atom. The summed E-state index contributed by atoms with van der Waals surface area (Å²) in [6.07, 6.45) is 7.42. The molecule has 3 heteroatoms. The zero-order valence-electron chi connectivity index (χ0n) is 11.6. The Hall–Kier alpha value is -0.120. The molecule has 0 bridgehead atoms. The normalized spacial score (nSPS) is 22.8. The van der Waals surface area contributed by atoms with Crippen molar-refractivity contribution in [2.75, 3.05) is 26.2 Å². The minimum Gasteiger partial charge on any atom is -0.393 e. The molecule has 2 aliphatic rings. The average molecular weight is 244 g/mol. The van der Waals surface area contributed by atoms with Gasteiger partial charge in [0.15, 0.2) is 0 Å². The van der Waals surface area contributed by atoms with Gasteiger partial charge in [0.2, 0.25) is 0 Å². The van der Waals surface area contributed by atoms with Crippen molar-refractivity contribution < 1.29 is 6.53 Å². The monoisotopic (exact) mass is 244 g/mol. The summed E-state index contributed by atoms with van der Waals surface area (Å²) in [7, 11) is 0. The summed E-state index contributed by atoms with van der Waals surface area (Å²) >= 11 is 0. The summed E-state index contributed by atoms with van der Waals surface area (Å²) in [6, 6.07) is 0.880. The van der Waals surface area contributed by atoms with Crippen LogP contribution in [-0.2, 0) is 0 Å². The van der Waals surface area contributed by atoms with E-state index >= 15 is 0 Å². The molecule has 2 fully saturated rings. The van der Waals surface area contributed by atoms with Gasteiger partial charge in [-0.1, -0.05) is 20.3 Å². The van der Waals surface area contributed by atoms with E-state index < -0.39 is 0 Å². The van der Waals surface area contributed by atoms with Gasteiger partial charge >= 0.3 is 0 Å². The largest absolute Gasteiger partial charge is 0.393 e. The molecule has 1 saturated carbocycles. The molecular formula is C14H32N2O. The first-order chi connectivity index (χ1) is 8.26. The predicted octanol–water partition coefficient (Wildman–Crippen LogP) is 2.25. The van der Waals surface area contributed by atoms with Crippen LogP contribution >= 0.6 is 0 Å². The number of nitrogens with zero attached hydrogens (tertiary/aromatic N) is 1. The first-order valence-electron chi connectivity index (χ1n) is 7.40. The van der Waals surface area contributed by atoms with Crippen LogP contribution in [0, 0.1) is 0 Å². The summed E-state index contributed by atoms with van der Waals surface area (Å²) < 4.78 is 0. The van der Waals surface area contributed by atoms with Crippen LogP contribution in [0.25, 0.3) is 0 Å². The maximum absolute atomic E-state index is 9.17. The van der Waals surface area contributed by atoms with Crippen LogP contribution in [0.3, 0.4) is 0 Å². The summed E-state index contributed by atoms with van der Waals surface area (Å²) in [5.74, 6) is 0. The fourth-order valence-electron chi connectivity index (χ4n) is 2.36. The number of piperidine rings is 1. The first-order valence-corrected chi connectivity index (χ1v) is 7.40. The molecule has 0 atom stereocenters. The van der Waals surface area contributed by atoms with Gasteiger partial charge in [0, 0.05) is 20.6 Å². The van der Waals surface area contributed by atoms with E-state index in [4.69, 9.17) is 5.11 Å². The highest BCUT2D eigenvalue weighted by Gasteiger charge is 2.15. The van der Waals surface area contributed by atoms with Crippen LogP contribution in [0.2, 0.25) is 0 Å². The highest BCUT2D eigenvalue weighted by atomic mass is 16.3. The number of nitrogens with one attached hydrogen (secondary N) is 1. The second kappa shape index (κ2) is 8.90. The van der Waals surface area contributed by atoms with Crippen molar-refractivity contribution in [1.82, 2.24) is 10.2 Å². The Morgan fingerprint density at radius 3 is 2.18 bits per heavy atom. The quantitative estimate of drug-likeness (QED) is 0.796. The second-order valence-electron chi connectivity index (χ2n) is 5.26. The lowest BCUT2D eigenvalue weighted by Crippen LogP contribution is -2.36. The van der Waals surface area contributed by atoms with Gasteiger partial charge in [-0.05, 0) is 45.2 Å². The van der Waals surface area contributed by atoms with Crippen LogP contribution in [0.1, 0.15) is 53.8 Å². The van der Waals surface area contributed by atoms with Gasteiger partial charge in [0.05, 0.1) is 6.10 Å². The van der Waals surface area contributed by atoms with Crippen molar-refractivity contribution in [3.05, 3.63) is 0 Å². The molecule has 0 spiro atoms. The van der Waals surface area contributed by atoms with E-state index in [0.29, 0.717) is 0 Å². The summed E-state index contributed by atoms with van der Waals surface area (Å²) in [4.78, 5) is 2.42. The molecule has 1 heterocycles. The molecule has 3 nitrogen and oxygen atoms in total. The molecule has 2 N–H and O–H groups in total. The Labute approximate surface area is 108 Å². The Kier molecular flexibility index (Phi) is 7.82. The summed E-state index contributed by atoms with van der Waals surface area (Å²) in [5, 5.41) is 12.6. The predicted molar refractivity (Wildman–Crippen MR) is 75.4 cm³/mol. The van der Waals surface area contributed by atoms with Crippen molar-refractivity contribution in [3.8, 4) is 0 Å². The minimum absolute atomic E-state index is 0. The molecule has 0 radical (unpaired) electrons. The van der Waals surface area contributed by atoms with Gasteiger partial charge < -0.3 is 15.3 Å². The van der Waals surface area contributed by atoms with E-state index in [1.807, 2.05) is 0 Å². The van der Waals surface area contributed by atoms with Gasteiger partial charge in [-0.2, -0.15) is 0 Å². The summed E-state index contributed by atoms with van der Waals surface area (Å²) in [6.45, 7) is 8.89. The van der Waals surface area contributed by atoms with Crippen molar-refractivity contribution >= 4 is 0 Å². The molecule has 104 valence electrons. The zero-order valence-corrected chi connectivity index (χ0v) is 11.6. The van der Waals surface area contributed by atoms with E-state index in [-0.39, 0.29) is 7.53 Å². The first kappa shape index (κ1) is 14.9. The minimum atomic E-state index is -0.0203. The lowest BCUT2D eigenvalue weighted by atomic mass is 9.93. The van der Waals surface area contributed by atoms with E-state index in [1.54, 1.807) is 0 Å². The maximum atomic E-state index is 9.17. The number of hydrogen-bond acceptors (Lipinski definition) is 3. The van der Waals surface area contributed by atoms with Crippen LogP contribution in [0.15, 0.2) is 0 Å². The third-order valence-corrected chi connectivity index (χ3v) is 3.69. The topological polar surface area (TPSA) is 35.5 Å². The Morgan fingerprint density at radius 2 is 1.82 bits per heavy atom. The molecule has 1 saturated heterocycles. The molecule has 1 aliphatic carbocycles. The average Bonchev–Trinajstić information content (AvgIpc) is 2.28. The zero-order chi connectivity index (χ0) is 12.5. The summed E-state index contributed by atoms with van der Waals surface area (Å²) in [5.41, 5.74) is 0. The number of hydrogen-bond donors (Lipinski definition) is 2. The molecule has 17 heavy (non-hydrogen) atoms. The highest BCUT2D eigenvalue weighted by molar-refractivity contribution is 4.74. The van der Waals surface area contributed by atoms with Crippen molar-refractivity contribution in [2.45, 2.75) is 64.5 Å². The van der Waals surface area contributed by atoms with Crippen LogP contribution in [-0.4, -0.2) is 48.3 Å². The lowest BCUT2D eigenvalue weighted by molar-refractivity contribution is 0.0827. The highest BCUT2D eigenvalue weighted by Crippen LogP contribution is 2.17. The Balaban J connectivity index is 0.000000321. The van der Waals surface area contributed by atoms with Crippen LogP contribution in [0.5, 0.6) is 0 Å². The molecule has 0 aromatic rings. The number of aliphatic hydroxyl groups is 1. The van der Waals surface area contributed by atoms with Gasteiger partial charge in [-0.3, -0.25) is 0 Å². The standard InChI is InChI=1S/C8H17NO.C6H13N.H2/c1-2-5-9-6-3-8(10)4-7-9;1-2-7-6-4-3-5-6;/h8,10H,2-7H2,1H3;6-7H,2-5H2,1H3;1H. The van der Waals surface area contributed by atoms with Crippen molar-refractivity contribution in [3.63, 3.8) is 0 Å². The fourth-order valence-corrected chi connectivity index (χ4v) is 2.36. The smallest absolute Gasteiger partial charge is 0.0564 e. The van der Waals surface area contributed by atoms with Gasteiger partial charge in [-0.25, -0.2) is 0 Å². The molecule has 0 unspecified atom stereocenters. The SMILES string of the molecule is CCCN1CCC(O)CC1.CCNC1CCC1.[HH]. The van der Waals surface area contributed by atoms with Gasteiger partial charge in [0.1, 0.15) is 0 Å². The molecule has 0 aromatic carbocycles. The fraction of sp³-hybridized carbons (Fsp3) is 1.00. The molecule has 2 rings (SSSR count). The molecule has 0 amide bonds. The third-order valence-electron chi connectivity index (χ3n) is 3.69.